The number of likely N-dealkylation sites (N-methyl/N-ethyl adjacent to an activating group) is 1. The molecule has 0 saturated carbocycles. The van der Waals surface area contributed by atoms with Gasteiger partial charge in [0.15, 0.2) is 0 Å². The average Bonchev–Trinajstić information content (AvgIpc) is 2.99. The van der Waals surface area contributed by atoms with Crippen LogP contribution in [0.25, 0.3) is 5.57 Å². The molecular weight excluding hydrogens is 372 g/mol. The van der Waals surface area contributed by atoms with Crippen LogP contribution in [0, 0.1) is 0 Å². The highest BCUT2D eigenvalue weighted by atomic mass is 16.5. The molecule has 7 nitrogen and oxygen atoms in total. The second-order valence-corrected chi connectivity index (χ2v) is 6.42. The van der Waals surface area contributed by atoms with Gasteiger partial charge in [-0.15, -0.1) is 0 Å². The molecule has 2 aromatic rings. The monoisotopic (exact) mass is 396 g/mol. The minimum atomic E-state index is -0.473. The zero-order valence-corrected chi connectivity index (χ0v) is 16.7. The van der Waals surface area contributed by atoms with Crippen LogP contribution in [-0.2, 0) is 9.59 Å². The van der Waals surface area contributed by atoms with E-state index in [0.29, 0.717) is 29.4 Å². The van der Waals surface area contributed by atoms with Gasteiger partial charge in [-0.05, 0) is 25.1 Å². The number of aliphatic hydroxyl groups excluding tert-OH is 1. The zero-order valence-electron chi connectivity index (χ0n) is 16.7. The summed E-state index contributed by atoms with van der Waals surface area (Å²) in [5, 5.41) is 9.38. The molecule has 3 rings (SSSR count). The first-order valence-corrected chi connectivity index (χ1v) is 9.35. The number of hydrogen-bond acceptors (Lipinski definition) is 6. The van der Waals surface area contributed by atoms with Gasteiger partial charge >= 0.3 is 0 Å². The zero-order chi connectivity index (χ0) is 21.0. The lowest BCUT2D eigenvalue weighted by molar-refractivity contribution is -0.120. The topological polar surface area (TPSA) is 79.3 Å². The van der Waals surface area contributed by atoms with Gasteiger partial charge in [-0.1, -0.05) is 30.3 Å². The number of aliphatic hydroxyl groups is 1. The fourth-order valence-corrected chi connectivity index (χ4v) is 3.37. The lowest BCUT2D eigenvalue weighted by atomic mass is 10.0. The molecule has 0 spiro atoms. The normalized spacial score (nSPS) is 13.9. The second-order valence-electron chi connectivity index (χ2n) is 6.42. The maximum absolute atomic E-state index is 13.5. The Morgan fingerprint density at radius 1 is 1.00 bits per heavy atom. The number of nitrogens with zero attached hydrogens (tertiary/aromatic N) is 2. The summed E-state index contributed by atoms with van der Waals surface area (Å²) in [6, 6.07) is 14.0. The number of carbonyl (C=O) groups excluding carboxylic acids is 2. The third-order valence-corrected chi connectivity index (χ3v) is 4.66. The van der Waals surface area contributed by atoms with E-state index >= 15 is 0 Å². The molecular formula is C22H24N2O5. The predicted molar refractivity (Wildman–Crippen MR) is 110 cm³/mol. The highest BCUT2D eigenvalue weighted by molar-refractivity contribution is 6.46. The van der Waals surface area contributed by atoms with E-state index in [9.17, 15) is 14.7 Å². The number of anilines is 1. The first-order valence-electron chi connectivity index (χ1n) is 9.35. The number of hydrogen-bond donors (Lipinski definition) is 1. The van der Waals surface area contributed by atoms with Crippen LogP contribution in [-0.4, -0.2) is 55.7 Å². The van der Waals surface area contributed by atoms with Crippen molar-refractivity contribution in [2.24, 2.45) is 0 Å². The summed E-state index contributed by atoms with van der Waals surface area (Å²) in [7, 11) is 3.18. The number of rotatable bonds is 8. The quantitative estimate of drug-likeness (QED) is 0.690. The number of carbonyl (C=O) groups is 2. The number of imide groups is 1. The molecule has 2 amide bonds. The molecule has 1 aliphatic heterocycles. The van der Waals surface area contributed by atoms with Crippen LogP contribution in [0.3, 0.4) is 0 Å². The highest BCUT2D eigenvalue weighted by Crippen LogP contribution is 2.40. The standard InChI is InChI=1S/C22H24N2O5/c1-4-29-18-12-8-6-10-16(18)24-21(26)19(15-9-5-7-11-17(15)28-3)20(22(24)27)23(2)13-14-25/h5-12,25H,4,13-14H2,1-3H3. The number of methoxy groups -OCH3 is 1. The SMILES string of the molecule is CCOc1ccccc1N1C(=O)C(c2ccccc2OC)=C(N(C)CCO)C1=O. The van der Waals surface area contributed by atoms with Gasteiger partial charge in [0.1, 0.15) is 17.2 Å². The molecule has 0 aliphatic carbocycles. The summed E-state index contributed by atoms with van der Waals surface area (Å²) in [6.07, 6.45) is 0. The van der Waals surface area contributed by atoms with Crippen LogP contribution in [0.5, 0.6) is 11.5 Å². The molecule has 7 heteroatoms. The van der Waals surface area contributed by atoms with Crippen molar-refractivity contribution in [2.75, 3.05) is 38.8 Å². The summed E-state index contributed by atoms with van der Waals surface area (Å²) >= 11 is 0. The van der Waals surface area contributed by atoms with Crippen molar-refractivity contribution in [3.05, 3.63) is 59.8 Å². The number of ether oxygens (including phenoxy) is 2. The Bertz CT molecular complexity index is 954. The Morgan fingerprint density at radius 2 is 1.66 bits per heavy atom. The van der Waals surface area contributed by atoms with E-state index in [1.807, 2.05) is 6.92 Å². The predicted octanol–water partition coefficient (Wildman–Crippen LogP) is 2.30. The van der Waals surface area contributed by atoms with Crippen molar-refractivity contribution in [3.63, 3.8) is 0 Å². The van der Waals surface area contributed by atoms with E-state index in [0.717, 1.165) is 4.90 Å². The van der Waals surface area contributed by atoms with Gasteiger partial charge in [0.2, 0.25) is 0 Å². The minimum Gasteiger partial charge on any atom is -0.496 e. The van der Waals surface area contributed by atoms with Gasteiger partial charge in [0.25, 0.3) is 11.8 Å². The average molecular weight is 396 g/mol. The van der Waals surface area contributed by atoms with Crippen LogP contribution in [0.15, 0.2) is 54.2 Å². The van der Waals surface area contributed by atoms with Gasteiger partial charge in [-0.3, -0.25) is 9.59 Å². The van der Waals surface area contributed by atoms with Gasteiger partial charge in [0, 0.05) is 19.2 Å². The molecule has 0 atom stereocenters. The molecule has 0 aromatic heterocycles. The second kappa shape index (κ2) is 8.79. The molecule has 1 aliphatic rings. The Labute approximate surface area is 169 Å². The fourth-order valence-electron chi connectivity index (χ4n) is 3.37. The largest absolute Gasteiger partial charge is 0.496 e. The molecule has 0 fully saturated rings. The van der Waals surface area contributed by atoms with Crippen LogP contribution >= 0.6 is 0 Å². The summed E-state index contributed by atoms with van der Waals surface area (Å²) in [5.74, 6) is -0.00826. The lowest BCUT2D eigenvalue weighted by Gasteiger charge is -2.21. The van der Waals surface area contributed by atoms with Gasteiger partial charge in [0.05, 0.1) is 31.6 Å². The molecule has 0 saturated heterocycles. The van der Waals surface area contributed by atoms with Crippen LogP contribution < -0.4 is 14.4 Å². The van der Waals surface area contributed by atoms with Crippen molar-refractivity contribution in [3.8, 4) is 11.5 Å². The van der Waals surface area contributed by atoms with Crippen molar-refractivity contribution >= 4 is 23.1 Å². The van der Waals surface area contributed by atoms with E-state index in [1.165, 1.54) is 7.11 Å². The van der Waals surface area contributed by atoms with Gasteiger partial charge < -0.3 is 19.5 Å². The van der Waals surface area contributed by atoms with E-state index in [1.54, 1.807) is 60.5 Å². The fraction of sp³-hybridized carbons (Fsp3) is 0.273. The highest BCUT2D eigenvalue weighted by Gasteiger charge is 2.43. The molecule has 29 heavy (non-hydrogen) atoms. The van der Waals surface area contributed by atoms with E-state index in [4.69, 9.17) is 9.47 Å². The van der Waals surface area contributed by atoms with Gasteiger partial charge in [-0.2, -0.15) is 0 Å². The molecule has 0 radical (unpaired) electrons. The van der Waals surface area contributed by atoms with Gasteiger partial charge in [-0.25, -0.2) is 4.90 Å². The third-order valence-electron chi connectivity index (χ3n) is 4.66. The summed E-state index contributed by atoms with van der Waals surface area (Å²) in [6.45, 7) is 2.28. The van der Waals surface area contributed by atoms with Crippen molar-refractivity contribution in [1.82, 2.24) is 4.90 Å². The lowest BCUT2D eigenvalue weighted by Crippen LogP contribution is -2.35. The van der Waals surface area contributed by atoms with Crippen molar-refractivity contribution in [1.29, 1.82) is 0 Å². The third kappa shape index (κ3) is 3.69. The van der Waals surface area contributed by atoms with E-state index in [2.05, 4.69) is 0 Å². The Kier molecular flexibility index (Phi) is 6.19. The maximum atomic E-state index is 13.5. The van der Waals surface area contributed by atoms with Crippen LogP contribution in [0.2, 0.25) is 0 Å². The smallest absolute Gasteiger partial charge is 0.282 e. The summed E-state index contributed by atoms with van der Waals surface area (Å²) < 4.78 is 11.1. The molecule has 1 N–H and O–H groups in total. The minimum absolute atomic E-state index is 0.157. The summed E-state index contributed by atoms with van der Waals surface area (Å²) in [4.78, 5) is 29.6. The van der Waals surface area contributed by atoms with Crippen molar-refractivity contribution < 1.29 is 24.2 Å². The molecule has 152 valence electrons. The molecule has 0 bridgehead atoms. The Morgan fingerprint density at radius 3 is 2.31 bits per heavy atom. The van der Waals surface area contributed by atoms with Crippen LogP contribution in [0.4, 0.5) is 5.69 Å². The number of para-hydroxylation sites is 3. The Hall–Kier alpha value is -3.32. The number of benzene rings is 2. The first-order chi connectivity index (χ1) is 14.0. The van der Waals surface area contributed by atoms with E-state index < -0.39 is 11.8 Å². The Balaban J connectivity index is 2.18. The molecule has 1 heterocycles. The van der Waals surface area contributed by atoms with Crippen molar-refractivity contribution in [2.45, 2.75) is 6.92 Å². The maximum Gasteiger partial charge on any atom is 0.282 e. The number of amides is 2. The first kappa shape index (κ1) is 20.4. The molecule has 0 unspecified atom stereocenters. The van der Waals surface area contributed by atoms with Crippen LogP contribution in [0.1, 0.15) is 12.5 Å². The molecule has 2 aromatic carbocycles. The summed E-state index contributed by atoms with van der Waals surface area (Å²) in [5.41, 5.74) is 1.34. The van der Waals surface area contributed by atoms with E-state index in [-0.39, 0.29) is 24.4 Å².